The van der Waals surface area contributed by atoms with E-state index in [0.29, 0.717) is 0 Å². The second kappa shape index (κ2) is 7.87. The molecule has 10 heteroatoms. The first-order valence-electron chi connectivity index (χ1n) is 10.7. The van der Waals surface area contributed by atoms with Crippen LogP contribution in [0.1, 0.15) is 29.7 Å². The Morgan fingerprint density at radius 2 is 1.94 bits per heavy atom. The Morgan fingerprint density at radius 1 is 1.15 bits per heavy atom. The largest absolute Gasteiger partial charge is 0.390 e. The number of nitrogens with zero attached hydrogens (tertiary/aromatic N) is 5. The number of halogens is 2. The zero-order valence-electron chi connectivity index (χ0n) is 17.8. The molecule has 1 spiro atoms. The molecule has 0 bridgehead atoms. The van der Waals surface area contributed by atoms with Gasteiger partial charge in [0.05, 0.1) is 22.0 Å². The lowest BCUT2D eigenvalue weighted by atomic mass is 9.89. The maximum absolute atomic E-state index is 13.2. The SMILES string of the molecule is O=c1c2cnc(Nc3ccc4c(c3)C=NCC43CC3)nc2c(CO)nn1-c1c(Cl)cccc1Cl. The summed E-state index contributed by atoms with van der Waals surface area (Å²) in [6, 6.07) is 11.0. The lowest BCUT2D eigenvalue weighted by molar-refractivity contribution is 0.276. The number of fused-ring (bicyclic) bond motifs is 3. The van der Waals surface area contributed by atoms with Gasteiger partial charge in [0, 0.05) is 30.1 Å². The Balaban J connectivity index is 1.41. The molecule has 170 valence electrons. The van der Waals surface area contributed by atoms with Gasteiger partial charge < -0.3 is 10.4 Å². The zero-order chi connectivity index (χ0) is 23.4. The topological polar surface area (TPSA) is 105 Å². The molecule has 1 aliphatic carbocycles. The highest BCUT2D eigenvalue weighted by Crippen LogP contribution is 2.51. The van der Waals surface area contributed by atoms with Crippen LogP contribution in [0.3, 0.4) is 0 Å². The van der Waals surface area contributed by atoms with E-state index in [2.05, 4.69) is 31.4 Å². The predicted octanol–water partition coefficient (Wildman–Crippen LogP) is 4.18. The molecule has 2 aromatic carbocycles. The minimum absolute atomic E-state index is 0.189. The highest BCUT2D eigenvalue weighted by molar-refractivity contribution is 6.37. The number of benzene rings is 2. The number of nitrogens with one attached hydrogen (secondary N) is 1. The Labute approximate surface area is 203 Å². The van der Waals surface area contributed by atoms with E-state index in [1.165, 1.54) is 24.6 Å². The molecular formula is C24H18Cl2N6O2. The second-order valence-corrected chi connectivity index (χ2v) is 9.34. The van der Waals surface area contributed by atoms with Crippen molar-refractivity contribution in [1.82, 2.24) is 19.7 Å². The summed E-state index contributed by atoms with van der Waals surface area (Å²) >= 11 is 12.5. The van der Waals surface area contributed by atoms with Crippen LogP contribution in [0.15, 0.2) is 52.4 Å². The Hall–Kier alpha value is -3.33. The van der Waals surface area contributed by atoms with Gasteiger partial charge in [0.25, 0.3) is 5.56 Å². The van der Waals surface area contributed by atoms with Crippen LogP contribution in [0.5, 0.6) is 0 Å². The van der Waals surface area contributed by atoms with Crippen molar-refractivity contribution in [2.24, 2.45) is 4.99 Å². The van der Waals surface area contributed by atoms with E-state index in [1.54, 1.807) is 18.2 Å². The molecule has 2 N–H and O–H groups in total. The first-order valence-corrected chi connectivity index (χ1v) is 11.5. The number of aromatic nitrogens is 4. The highest BCUT2D eigenvalue weighted by atomic mass is 35.5. The van der Waals surface area contributed by atoms with Crippen LogP contribution in [-0.2, 0) is 12.0 Å². The normalized spacial score (nSPS) is 15.5. The Kier molecular flexibility index (Phi) is 4.91. The summed E-state index contributed by atoms with van der Waals surface area (Å²) in [5.74, 6) is 0.283. The van der Waals surface area contributed by atoms with Crippen molar-refractivity contribution >= 4 is 52.0 Å². The summed E-state index contributed by atoms with van der Waals surface area (Å²) in [5.41, 5.74) is 3.63. The van der Waals surface area contributed by atoms with E-state index < -0.39 is 12.2 Å². The molecule has 8 nitrogen and oxygen atoms in total. The summed E-state index contributed by atoms with van der Waals surface area (Å²) in [6.45, 7) is 0.418. The van der Waals surface area contributed by atoms with Crippen molar-refractivity contribution < 1.29 is 5.11 Å². The van der Waals surface area contributed by atoms with Crippen LogP contribution < -0.4 is 10.9 Å². The molecule has 0 atom stereocenters. The van der Waals surface area contributed by atoms with Crippen molar-refractivity contribution in [3.63, 3.8) is 0 Å². The summed E-state index contributed by atoms with van der Waals surface area (Å²) < 4.78 is 1.07. The molecular weight excluding hydrogens is 475 g/mol. The van der Waals surface area contributed by atoms with Gasteiger partial charge >= 0.3 is 0 Å². The molecule has 6 rings (SSSR count). The van der Waals surface area contributed by atoms with Gasteiger partial charge in [-0.05, 0) is 48.2 Å². The quantitative estimate of drug-likeness (QED) is 0.442. The number of hydrogen-bond acceptors (Lipinski definition) is 7. The fourth-order valence-electron chi connectivity index (χ4n) is 4.44. The first-order chi connectivity index (χ1) is 16.5. The van der Waals surface area contributed by atoms with Crippen LogP contribution in [-0.4, -0.2) is 37.6 Å². The minimum atomic E-state index is -0.492. The van der Waals surface area contributed by atoms with E-state index in [0.717, 1.165) is 22.5 Å². The standard InChI is InChI=1S/C24H18Cl2N6O2/c25-17-2-1-3-18(26)21(17)32-22(34)15-10-28-23(30-20(15)19(11-33)31-32)29-14-4-5-16-13(8-14)9-27-12-24(16)6-7-24/h1-5,8-10,33H,6-7,11-12H2,(H,28,29,30). The average Bonchev–Trinajstić information content (AvgIpc) is 3.60. The summed E-state index contributed by atoms with van der Waals surface area (Å²) in [4.78, 5) is 26.5. The maximum Gasteiger partial charge on any atom is 0.282 e. The first kappa shape index (κ1) is 21.2. The molecule has 1 saturated carbocycles. The lowest BCUT2D eigenvalue weighted by Crippen LogP contribution is -2.24. The van der Waals surface area contributed by atoms with Gasteiger partial charge in [-0.2, -0.15) is 9.78 Å². The fraction of sp³-hybridized carbons (Fsp3) is 0.208. The summed E-state index contributed by atoms with van der Waals surface area (Å²) in [6.07, 6.45) is 5.66. The Morgan fingerprint density at radius 3 is 2.68 bits per heavy atom. The van der Waals surface area contributed by atoms with Crippen LogP contribution in [0.25, 0.3) is 16.6 Å². The molecule has 1 fully saturated rings. The molecule has 2 aromatic heterocycles. The van der Waals surface area contributed by atoms with Crippen molar-refractivity contribution in [3.05, 3.63) is 79.8 Å². The van der Waals surface area contributed by atoms with Gasteiger partial charge in [-0.15, -0.1) is 0 Å². The van der Waals surface area contributed by atoms with Crippen molar-refractivity contribution in [1.29, 1.82) is 0 Å². The van der Waals surface area contributed by atoms with Crippen molar-refractivity contribution in [3.8, 4) is 5.69 Å². The van der Waals surface area contributed by atoms with E-state index in [9.17, 15) is 9.90 Å². The molecule has 3 heterocycles. The average molecular weight is 493 g/mol. The van der Waals surface area contributed by atoms with Gasteiger partial charge in [-0.1, -0.05) is 35.3 Å². The number of aliphatic hydroxyl groups excluding tert-OH is 1. The van der Waals surface area contributed by atoms with E-state index >= 15 is 0 Å². The Bertz CT molecular complexity index is 1540. The second-order valence-electron chi connectivity index (χ2n) is 8.53. The third kappa shape index (κ3) is 3.37. The van der Waals surface area contributed by atoms with Gasteiger partial charge in [-0.3, -0.25) is 9.79 Å². The van der Waals surface area contributed by atoms with Crippen molar-refractivity contribution in [2.75, 3.05) is 11.9 Å². The number of aliphatic hydroxyl groups is 1. The smallest absolute Gasteiger partial charge is 0.282 e. The van der Waals surface area contributed by atoms with E-state index in [1.807, 2.05) is 18.3 Å². The van der Waals surface area contributed by atoms with Crippen LogP contribution in [0.2, 0.25) is 10.0 Å². The van der Waals surface area contributed by atoms with E-state index in [-0.39, 0.29) is 43.7 Å². The highest BCUT2D eigenvalue weighted by Gasteiger charge is 2.46. The zero-order valence-corrected chi connectivity index (χ0v) is 19.3. The van der Waals surface area contributed by atoms with Gasteiger partial charge in [0.2, 0.25) is 5.95 Å². The lowest BCUT2D eigenvalue weighted by Gasteiger charge is -2.21. The van der Waals surface area contributed by atoms with Gasteiger partial charge in [-0.25, -0.2) is 9.97 Å². The van der Waals surface area contributed by atoms with E-state index in [4.69, 9.17) is 23.2 Å². The fourth-order valence-corrected chi connectivity index (χ4v) is 4.99. The molecule has 4 aromatic rings. The van der Waals surface area contributed by atoms with Crippen LogP contribution in [0, 0.1) is 0 Å². The third-order valence-corrected chi connectivity index (χ3v) is 6.97. The van der Waals surface area contributed by atoms with Crippen molar-refractivity contribution in [2.45, 2.75) is 24.9 Å². The molecule has 2 aliphatic rings. The number of rotatable bonds is 4. The number of hydrogen-bond donors (Lipinski definition) is 2. The number of aliphatic imine (C=N–C) groups is 1. The van der Waals surface area contributed by atoms with Crippen LogP contribution >= 0.6 is 23.2 Å². The molecule has 0 amide bonds. The third-order valence-electron chi connectivity index (χ3n) is 6.36. The molecule has 34 heavy (non-hydrogen) atoms. The molecule has 1 aliphatic heterocycles. The van der Waals surface area contributed by atoms with Crippen LogP contribution in [0.4, 0.5) is 11.6 Å². The molecule has 0 unspecified atom stereocenters. The summed E-state index contributed by atoms with van der Waals surface area (Å²) in [5, 5.41) is 18.1. The minimum Gasteiger partial charge on any atom is -0.390 e. The number of anilines is 2. The summed E-state index contributed by atoms with van der Waals surface area (Å²) in [7, 11) is 0. The van der Waals surface area contributed by atoms with Gasteiger partial charge in [0.15, 0.2) is 0 Å². The van der Waals surface area contributed by atoms with Gasteiger partial charge in [0.1, 0.15) is 16.9 Å². The number of para-hydroxylation sites is 1. The molecule has 0 saturated heterocycles. The molecule has 0 radical (unpaired) electrons. The maximum atomic E-state index is 13.2. The predicted molar refractivity (Wildman–Crippen MR) is 132 cm³/mol. The monoisotopic (exact) mass is 492 g/mol.